The van der Waals surface area contributed by atoms with Gasteiger partial charge in [-0.2, -0.15) is 0 Å². The van der Waals surface area contributed by atoms with Crippen LogP contribution in [-0.2, 0) is 11.3 Å². The molecule has 0 saturated heterocycles. The minimum absolute atomic E-state index is 0.0593. The smallest absolute Gasteiger partial charge is 0.234 e. The maximum atomic E-state index is 13.4. The fourth-order valence-corrected chi connectivity index (χ4v) is 1.87. The van der Waals surface area contributed by atoms with Gasteiger partial charge in [-0.05, 0) is 37.7 Å². The molecule has 0 atom stereocenters. The number of halogens is 1. The number of nitrogens with two attached hydrogens (primary N) is 1. The van der Waals surface area contributed by atoms with Crippen LogP contribution in [0, 0.1) is 5.82 Å². The van der Waals surface area contributed by atoms with E-state index in [1.54, 1.807) is 18.0 Å². The lowest BCUT2D eigenvalue weighted by Gasteiger charge is -2.16. The Balaban J connectivity index is 2.71. The molecule has 1 amide bonds. The van der Waals surface area contributed by atoms with Crippen LogP contribution in [0.1, 0.15) is 18.1 Å². The van der Waals surface area contributed by atoms with Crippen molar-refractivity contribution in [3.63, 3.8) is 0 Å². The maximum Gasteiger partial charge on any atom is 0.234 e. The third kappa shape index (κ3) is 5.32. The lowest BCUT2D eigenvalue weighted by molar-refractivity contribution is -0.121. The number of likely N-dealkylation sites (N-methyl/N-ethyl adjacent to an activating group) is 2. The van der Waals surface area contributed by atoms with Gasteiger partial charge in [-0.15, -0.1) is 0 Å². The second kappa shape index (κ2) is 7.16. The normalized spacial score (nSPS) is 10.5. The van der Waals surface area contributed by atoms with Gasteiger partial charge in [0.25, 0.3) is 0 Å². The van der Waals surface area contributed by atoms with E-state index in [2.05, 4.69) is 5.32 Å². The average Bonchev–Trinajstić information content (AvgIpc) is 2.27. The molecule has 1 aromatic carbocycles. The van der Waals surface area contributed by atoms with Crippen molar-refractivity contribution in [1.29, 1.82) is 0 Å². The van der Waals surface area contributed by atoms with Crippen molar-refractivity contribution in [3.05, 3.63) is 35.1 Å². The summed E-state index contributed by atoms with van der Waals surface area (Å²) in [4.78, 5) is 13.4. The Bertz CT molecular complexity index is 479. The van der Waals surface area contributed by atoms with E-state index in [1.165, 1.54) is 12.1 Å². The molecular formula is C13H18FN3OS. The molecule has 0 bridgehead atoms. The van der Waals surface area contributed by atoms with Crippen molar-refractivity contribution in [2.75, 3.05) is 20.1 Å². The molecule has 0 saturated carbocycles. The third-order valence-electron chi connectivity index (χ3n) is 2.48. The molecular weight excluding hydrogens is 265 g/mol. The van der Waals surface area contributed by atoms with Gasteiger partial charge < -0.3 is 11.1 Å². The molecule has 0 aliphatic heterocycles. The summed E-state index contributed by atoms with van der Waals surface area (Å²) in [5, 5.41) is 2.71. The molecule has 19 heavy (non-hydrogen) atoms. The topological polar surface area (TPSA) is 58.4 Å². The predicted octanol–water partition coefficient (Wildman–Crippen LogP) is 1.03. The second-order valence-electron chi connectivity index (χ2n) is 4.34. The molecule has 4 nitrogen and oxygen atoms in total. The predicted molar refractivity (Wildman–Crippen MR) is 77.3 cm³/mol. The van der Waals surface area contributed by atoms with E-state index in [9.17, 15) is 9.18 Å². The number of nitrogens with one attached hydrogen (secondary N) is 1. The number of carbonyl (C=O) groups excluding carboxylic acids is 1. The molecule has 104 valence electrons. The van der Waals surface area contributed by atoms with E-state index < -0.39 is 0 Å². The van der Waals surface area contributed by atoms with Gasteiger partial charge in [0.1, 0.15) is 10.8 Å². The Morgan fingerprint density at radius 3 is 2.74 bits per heavy atom. The number of thiocarbonyl (C=S) groups is 1. The lowest BCUT2D eigenvalue weighted by Crippen LogP contribution is -2.34. The summed E-state index contributed by atoms with van der Waals surface area (Å²) in [6, 6.07) is 4.45. The van der Waals surface area contributed by atoms with Crippen molar-refractivity contribution < 1.29 is 9.18 Å². The van der Waals surface area contributed by atoms with Crippen LogP contribution in [0.2, 0.25) is 0 Å². The highest BCUT2D eigenvalue weighted by Gasteiger charge is 2.08. The van der Waals surface area contributed by atoms with Crippen molar-refractivity contribution in [2.24, 2.45) is 5.73 Å². The summed E-state index contributed by atoms with van der Waals surface area (Å²) >= 11 is 4.83. The van der Waals surface area contributed by atoms with Crippen LogP contribution in [0.25, 0.3) is 0 Å². The number of benzene rings is 1. The van der Waals surface area contributed by atoms with Crippen LogP contribution >= 0.6 is 12.2 Å². The zero-order chi connectivity index (χ0) is 14.4. The van der Waals surface area contributed by atoms with E-state index in [1.807, 2.05) is 6.92 Å². The monoisotopic (exact) mass is 283 g/mol. The zero-order valence-corrected chi connectivity index (χ0v) is 11.9. The molecule has 3 N–H and O–H groups in total. The summed E-state index contributed by atoms with van der Waals surface area (Å²) in [6.45, 7) is 3.16. The summed E-state index contributed by atoms with van der Waals surface area (Å²) in [5.74, 6) is -0.442. The van der Waals surface area contributed by atoms with Gasteiger partial charge in [0, 0.05) is 18.7 Å². The van der Waals surface area contributed by atoms with Gasteiger partial charge in [0.15, 0.2) is 0 Å². The van der Waals surface area contributed by atoms with Gasteiger partial charge in [-0.3, -0.25) is 9.69 Å². The summed E-state index contributed by atoms with van der Waals surface area (Å²) in [5.41, 5.74) is 6.72. The van der Waals surface area contributed by atoms with Gasteiger partial charge in [-0.25, -0.2) is 4.39 Å². The highest BCUT2D eigenvalue weighted by molar-refractivity contribution is 7.80. The molecule has 0 aliphatic rings. The molecule has 6 heteroatoms. The van der Waals surface area contributed by atoms with Gasteiger partial charge in [0.2, 0.25) is 5.91 Å². The van der Waals surface area contributed by atoms with Crippen LogP contribution < -0.4 is 11.1 Å². The standard InChI is InChI=1S/C13H18FN3OS/c1-3-16-12(18)8-17(2)7-9-4-10(13(15)19)6-11(14)5-9/h4-6H,3,7-8H2,1-2H3,(H2,15,19)(H,16,18). The number of carbonyl (C=O) groups is 1. The Morgan fingerprint density at radius 1 is 1.47 bits per heavy atom. The summed E-state index contributed by atoms with van der Waals surface area (Å²) in [6.07, 6.45) is 0. The number of hydrogen-bond acceptors (Lipinski definition) is 3. The number of rotatable bonds is 6. The lowest BCUT2D eigenvalue weighted by atomic mass is 10.1. The molecule has 0 spiro atoms. The van der Waals surface area contributed by atoms with E-state index in [4.69, 9.17) is 18.0 Å². The summed E-state index contributed by atoms with van der Waals surface area (Å²) < 4.78 is 13.4. The van der Waals surface area contributed by atoms with Crippen LogP contribution in [0.15, 0.2) is 18.2 Å². The number of nitrogens with zero attached hydrogens (tertiary/aromatic N) is 1. The molecule has 0 unspecified atom stereocenters. The first kappa shape index (κ1) is 15.5. The molecule has 0 heterocycles. The van der Waals surface area contributed by atoms with E-state index in [-0.39, 0.29) is 23.3 Å². The average molecular weight is 283 g/mol. The van der Waals surface area contributed by atoms with Gasteiger partial charge >= 0.3 is 0 Å². The van der Waals surface area contributed by atoms with Crippen LogP contribution in [0.3, 0.4) is 0 Å². The first-order chi connectivity index (χ1) is 8.92. The van der Waals surface area contributed by atoms with E-state index in [0.717, 1.165) is 5.56 Å². The largest absolute Gasteiger partial charge is 0.389 e. The van der Waals surface area contributed by atoms with Crippen LogP contribution in [-0.4, -0.2) is 35.9 Å². The maximum absolute atomic E-state index is 13.4. The number of amides is 1. The Labute approximate surface area is 117 Å². The Kier molecular flexibility index (Phi) is 5.85. The first-order valence-electron chi connectivity index (χ1n) is 5.97. The minimum atomic E-state index is -0.383. The van der Waals surface area contributed by atoms with Crippen molar-refractivity contribution in [2.45, 2.75) is 13.5 Å². The Morgan fingerprint density at radius 2 is 2.16 bits per heavy atom. The van der Waals surface area contributed by atoms with Crippen molar-refractivity contribution >= 4 is 23.1 Å². The second-order valence-corrected chi connectivity index (χ2v) is 4.78. The fraction of sp³-hybridized carbons (Fsp3) is 0.385. The number of hydrogen-bond donors (Lipinski definition) is 2. The molecule has 0 aliphatic carbocycles. The zero-order valence-electron chi connectivity index (χ0n) is 11.1. The third-order valence-corrected chi connectivity index (χ3v) is 2.72. The van der Waals surface area contributed by atoms with Gasteiger partial charge in [-0.1, -0.05) is 12.2 Å². The van der Waals surface area contributed by atoms with Crippen molar-refractivity contribution in [3.8, 4) is 0 Å². The summed E-state index contributed by atoms with van der Waals surface area (Å²) in [7, 11) is 1.79. The molecule has 1 aromatic rings. The molecule has 0 aromatic heterocycles. The quantitative estimate of drug-likeness (QED) is 0.766. The SMILES string of the molecule is CCNC(=O)CN(C)Cc1cc(F)cc(C(N)=S)c1. The highest BCUT2D eigenvalue weighted by atomic mass is 32.1. The van der Waals surface area contributed by atoms with E-state index in [0.29, 0.717) is 18.7 Å². The Hall–Kier alpha value is -1.53. The molecule has 1 rings (SSSR count). The minimum Gasteiger partial charge on any atom is -0.389 e. The molecule has 0 radical (unpaired) electrons. The van der Waals surface area contributed by atoms with Crippen molar-refractivity contribution in [1.82, 2.24) is 10.2 Å². The van der Waals surface area contributed by atoms with E-state index >= 15 is 0 Å². The van der Waals surface area contributed by atoms with Gasteiger partial charge in [0.05, 0.1) is 6.54 Å². The van der Waals surface area contributed by atoms with Crippen LogP contribution in [0.5, 0.6) is 0 Å². The highest BCUT2D eigenvalue weighted by Crippen LogP contribution is 2.11. The molecule has 0 fully saturated rings. The first-order valence-corrected chi connectivity index (χ1v) is 6.37. The fourth-order valence-electron chi connectivity index (χ4n) is 1.75. The van der Waals surface area contributed by atoms with Crippen LogP contribution in [0.4, 0.5) is 4.39 Å².